The highest BCUT2D eigenvalue weighted by Gasteiger charge is 2.26. The van der Waals surface area contributed by atoms with Gasteiger partial charge in [-0.05, 0) is 31.0 Å². The van der Waals surface area contributed by atoms with Crippen LogP contribution in [0.1, 0.15) is 31.4 Å². The summed E-state index contributed by atoms with van der Waals surface area (Å²) < 4.78 is 61.6. The second-order valence-corrected chi connectivity index (χ2v) is 6.13. The second-order valence-electron chi connectivity index (χ2n) is 4.36. The van der Waals surface area contributed by atoms with Crippen molar-refractivity contribution < 1.29 is 26.7 Å². The molecule has 8 heteroatoms. The summed E-state index contributed by atoms with van der Waals surface area (Å²) >= 11 is 0. The van der Waals surface area contributed by atoms with Gasteiger partial charge in [0.25, 0.3) is 0 Å². The molecule has 0 aliphatic carbocycles. The zero-order chi connectivity index (χ0) is 15.4. The topological polar surface area (TPSA) is 66.4 Å². The number of aliphatic hydroxyl groups is 1. The molecule has 1 rings (SSSR count). The number of halogens is 3. The van der Waals surface area contributed by atoms with Gasteiger partial charge < -0.3 is 5.11 Å². The standard InChI is InChI=1S/C12H16F3NO3S/c1-9(17)10-4-2-5-11(8-10)20(18,19)16-7-3-6-12(13,14)15/h2,4-5,8-9,16-17H,3,6-7H2,1H3. The van der Waals surface area contributed by atoms with Crippen molar-refractivity contribution >= 4 is 10.0 Å². The molecule has 1 aromatic carbocycles. The lowest BCUT2D eigenvalue weighted by Crippen LogP contribution is -2.26. The highest BCUT2D eigenvalue weighted by Crippen LogP contribution is 2.21. The quantitative estimate of drug-likeness (QED) is 0.793. The van der Waals surface area contributed by atoms with Gasteiger partial charge in [-0.1, -0.05) is 12.1 Å². The van der Waals surface area contributed by atoms with Crippen LogP contribution in [0.3, 0.4) is 0 Å². The predicted molar refractivity (Wildman–Crippen MR) is 67.6 cm³/mol. The molecule has 20 heavy (non-hydrogen) atoms. The van der Waals surface area contributed by atoms with Crippen LogP contribution in [-0.4, -0.2) is 26.2 Å². The molecule has 4 nitrogen and oxygen atoms in total. The van der Waals surface area contributed by atoms with E-state index < -0.39 is 28.7 Å². The minimum atomic E-state index is -4.29. The monoisotopic (exact) mass is 311 g/mol. The molecule has 0 radical (unpaired) electrons. The van der Waals surface area contributed by atoms with Gasteiger partial charge in [0.1, 0.15) is 0 Å². The predicted octanol–water partition coefficient (Wildman–Crippen LogP) is 2.36. The fourth-order valence-electron chi connectivity index (χ4n) is 1.52. The molecule has 0 fully saturated rings. The van der Waals surface area contributed by atoms with Crippen LogP contribution in [-0.2, 0) is 10.0 Å². The van der Waals surface area contributed by atoms with Crippen molar-refractivity contribution in [2.24, 2.45) is 0 Å². The Morgan fingerprint density at radius 2 is 2.00 bits per heavy atom. The molecule has 2 N–H and O–H groups in total. The third kappa shape index (κ3) is 5.48. The smallest absolute Gasteiger partial charge is 0.389 e. The van der Waals surface area contributed by atoms with Crippen LogP contribution in [0.15, 0.2) is 29.2 Å². The SMILES string of the molecule is CC(O)c1cccc(S(=O)(=O)NCCCC(F)(F)F)c1. The van der Waals surface area contributed by atoms with Crippen LogP contribution >= 0.6 is 0 Å². The number of hydrogen-bond acceptors (Lipinski definition) is 3. The maximum absolute atomic E-state index is 11.9. The van der Waals surface area contributed by atoms with E-state index in [0.717, 1.165) is 0 Å². The Morgan fingerprint density at radius 3 is 2.55 bits per heavy atom. The van der Waals surface area contributed by atoms with E-state index in [0.29, 0.717) is 5.56 Å². The number of aliphatic hydroxyl groups excluding tert-OH is 1. The molecule has 0 aliphatic rings. The van der Waals surface area contributed by atoms with Crippen molar-refractivity contribution in [1.82, 2.24) is 4.72 Å². The number of alkyl halides is 3. The number of rotatable bonds is 6. The number of sulfonamides is 1. The molecule has 0 saturated heterocycles. The Bertz CT molecular complexity index is 541. The molecule has 0 amide bonds. The third-order valence-electron chi connectivity index (χ3n) is 2.58. The molecule has 0 aliphatic heterocycles. The fourth-order valence-corrected chi connectivity index (χ4v) is 2.65. The number of benzene rings is 1. The van der Waals surface area contributed by atoms with E-state index in [9.17, 15) is 26.7 Å². The van der Waals surface area contributed by atoms with Crippen molar-refractivity contribution in [3.05, 3.63) is 29.8 Å². The van der Waals surface area contributed by atoms with Gasteiger partial charge in [0.05, 0.1) is 11.0 Å². The van der Waals surface area contributed by atoms with E-state index in [1.165, 1.54) is 25.1 Å². The van der Waals surface area contributed by atoms with Gasteiger partial charge in [-0.25, -0.2) is 13.1 Å². The molecule has 0 saturated carbocycles. The van der Waals surface area contributed by atoms with Crippen LogP contribution in [0.2, 0.25) is 0 Å². The van der Waals surface area contributed by atoms with Crippen molar-refractivity contribution in [1.29, 1.82) is 0 Å². The second kappa shape index (κ2) is 6.55. The van der Waals surface area contributed by atoms with Crippen LogP contribution < -0.4 is 4.72 Å². The van der Waals surface area contributed by atoms with E-state index >= 15 is 0 Å². The zero-order valence-corrected chi connectivity index (χ0v) is 11.6. The normalized spacial score (nSPS) is 14.2. The lowest BCUT2D eigenvalue weighted by Gasteiger charge is -2.10. The van der Waals surface area contributed by atoms with E-state index in [4.69, 9.17) is 0 Å². The van der Waals surface area contributed by atoms with Gasteiger partial charge >= 0.3 is 6.18 Å². The Balaban J connectivity index is 2.67. The summed E-state index contributed by atoms with van der Waals surface area (Å²) in [5.41, 5.74) is 0.420. The van der Waals surface area contributed by atoms with Crippen molar-refractivity contribution in [3.8, 4) is 0 Å². The molecule has 114 valence electrons. The molecule has 0 spiro atoms. The maximum Gasteiger partial charge on any atom is 0.389 e. The van der Waals surface area contributed by atoms with E-state index in [1.54, 1.807) is 6.07 Å². The van der Waals surface area contributed by atoms with Gasteiger partial charge in [0.2, 0.25) is 10.0 Å². The fraction of sp³-hybridized carbons (Fsp3) is 0.500. The molecular formula is C12H16F3NO3S. The van der Waals surface area contributed by atoms with Crippen LogP contribution in [0.5, 0.6) is 0 Å². The molecule has 0 aromatic heterocycles. The van der Waals surface area contributed by atoms with Gasteiger partial charge in [-0.15, -0.1) is 0 Å². The highest BCUT2D eigenvalue weighted by molar-refractivity contribution is 7.89. The first-order chi connectivity index (χ1) is 9.12. The lowest BCUT2D eigenvalue weighted by atomic mass is 10.1. The highest BCUT2D eigenvalue weighted by atomic mass is 32.2. The summed E-state index contributed by atoms with van der Waals surface area (Å²) in [5.74, 6) is 0. The average Bonchev–Trinajstić information content (AvgIpc) is 2.34. The first-order valence-corrected chi connectivity index (χ1v) is 7.44. The van der Waals surface area contributed by atoms with Crippen molar-refractivity contribution in [3.63, 3.8) is 0 Å². The summed E-state index contributed by atoms with van der Waals surface area (Å²) in [7, 11) is -3.86. The molecule has 1 aromatic rings. The minimum absolute atomic E-state index is 0.0806. The summed E-state index contributed by atoms with van der Waals surface area (Å²) in [6, 6.07) is 5.63. The summed E-state index contributed by atoms with van der Waals surface area (Å²) in [4.78, 5) is -0.0806. The van der Waals surface area contributed by atoms with Gasteiger partial charge in [-0.3, -0.25) is 0 Å². The third-order valence-corrected chi connectivity index (χ3v) is 4.04. The molecule has 1 unspecified atom stereocenters. The van der Waals surface area contributed by atoms with Crippen LogP contribution in [0.25, 0.3) is 0 Å². The summed E-state index contributed by atoms with van der Waals surface area (Å²) in [5, 5.41) is 9.38. The van der Waals surface area contributed by atoms with Crippen molar-refractivity contribution in [2.75, 3.05) is 6.54 Å². The summed E-state index contributed by atoms with van der Waals surface area (Å²) in [6.07, 6.45) is -6.48. The van der Waals surface area contributed by atoms with Gasteiger partial charge in [0, 0.05) is 13.0 Å². The summed E-state index contributed by atoms with van der Waals surface area (Å²) in [6.45, 7) is 1.20. The number of nitrogens with one attached hydrogen (secondary N) is 1. The van der Waals surface area contributed by atoms with Gasteiger partial charge in [-0.2, -0.15) is 13.2 Å². The number of hydrogen-bond donors (Lipinski definition) is 2. The molecule has 1 atom stereocenters. The van der Waals surface area contributed by atoms with E-state index in [-0.39, 0.29) is 17.9 Å². The maximum atomic E-state index is 11.9. The van der Waals surface area contributed by atoms with Crippen molar-refractivity contribution in [2.45, 2.75) is 36.9 Å². The molecule has 0 bridgehead atoms. The van der Waals surface area contributed by atoms with Gasteiger partial charge in [0.15, 0.2) is 0 Å². The average molecular weight is 311 g/mol. The molecule has 0 heterocycles. The Labute approximate surface area is 115 Å². The molecular weight excluding hydrogens is 295 g/mol. The zero-order valence-electron chi connectivity index (χ0n) is 10.8. The largest absolute Gasteiger partial charge is 0.389 e. The Morgan fingerprint density at radius 1 is 1.35 bits per heavy atom. The Hall–Kier alpha value is -1.12. The lowest BCUT2D eigenvalue weighted by molar-refractivity contribution is -0.135. The van der Waals surface area contributed by atoms with E-state index in [2.05, 4.69) is 4.72 Å². The minimum Gasteiger partial charge on any atom is -0.389 e. The van der Waals surface area contributed by atoms with Crippen LogP contribution in [0.4, 0.5) is 13.2 Å². The van der Waals surface area contributed by atoms with E-state index in [1.807, 2.05) is 0 Å². The first-order valence-electron chi connectivity index (χ1n) is 5.96. The Kier molecular flexibility index (Phi) is 5.55. The van der Waals surface area contributed by atoms with Crippen LogP contribution in [0, 0.1) is 0 Å². The first kappa shape index (κ1) is 16.9.